The first kappa shape index (κ1) is 19.2. The molecule has 2 aromatic carbocycles. The Morgan fingerprint density at radius 3 is 2.33 bits per heavy atom. The Kier molecular flexibility index (Phi) is 5.94. The molecule has 0 aliphatic carbocycles. The maximum absolute atomic E-state index is 12.9. The van der Waals surface area contributed by atoms with Crippen molar-refractivity contribution in [3.63, 3.8) is 0 Å². The number of benzene rings is 2. The molecular weight excluding hydrogens is 336 g/mol. The Balaban J connectivity index is 1.60. The summed E-state index contributed by atoms with van der Waals surface area (Å²) in [5.74, 6) is -0.0783. The number of carbonyl (C=O) groups excluding carboxylic acids is 2. The summed E-state index contributed by atoms with van der Waals surface area (Å²) in [6.45, 7) is 7.79. The van der Waals surface area contributed by atoms with Crippen LogP contribution in [-0.2, 0) is 11.3 Å². The summed E-state index contributed by atoms with van der Waals surface area (Å²) in [5, 5.41) is 3.03. The van der Waals surface area contributed by atoms with Crippen LogP contribution in [0.4, 0.5) is 0 Å². The van der Waals surface area contributed by atoms with Gasteiger partial charge in [-0.1, -0.05) is 47.0 Å². The van der Waals surface area contributed by atoms with Crippen molar-refractivity contribution in [2.24, 2.45) is 5.92 Å². The molecule has 1 aliphatic heterocycles. The van der Waals surface area contributed by atoms with Gasteiger partial charge in [-0.3, -0.25) is 9.59 Å². The molecule has 4 nitrogen and oxygen atoms in total. The highest BCUT2D eigenvalue weighted by atomic mass is 16.2. The number of likely N-dealkylation sites (tertiary alicyclic amines) is 1. The molecule has 2 aromatic rings. The van der Waals surface area contributed by atoms with E-state index in [4.69, 9.17) is 0 Å². The van der Waals surface area contributed by atoms with Gasteiger partial charge in [-0.25, -0.2) is 0 Å². The van der Waals surface area contributed by atoms with E-state index in [2.05, 4.69) is 11.4 Å². The summed E-state index contributed by atoms with van der Waals surface area (Å²) >= 11 is 0. The van der Waals surface area contributed by atoms with Crippen LogP contribution in [0.3, 0.4) is 0 Å². The fraction of sp³-hybridized carbons (Fsp3) is 0.391. The molecule has 0 saturated carbocycles. The molecule has 0 bridgehead atoms. The van der Waals surface area contributed by atoms with E-state index in [0.29, 0.717) is 25.2 Å². The van der Waals surface area contributed by atoms with E-state index in [-0.39, 0.29) is 17.7 Å². The third-order valence-corrected chi connectivity index (χ3v) is 5.14. The second kappa shape index (κ2) is 8.38. The van der Waals surface area contributed by atoms with Crippen LogP contribution in [0.1, 0.15) is 45.5 Å². The second-order valence-electron chi connectivity index (χ2n) is 7.67. The number of hydrogen-bond acceptors (Lipinski definition) is 2. The van der Waals surface area contributed by atoms with Crippen LogP contribution in [0.15, 0.2) is 42.5 Å². The van der Waals surface area contributed by atoms with Gasteiger partial charge in [0.1, 0.15) is 0 Å². The number of amides is 2. The van der Waals surface area contributed by atoms with E-state index >= 15 is 0 Å². The van der Waals surface area contributed by atoms with Gasteiger partial charge in [0.25, 0.3) is 5.91 Å². The first-order chi connectivity index (χ1) is 12.9. The van der Waals surface area contributed by atoms with Crippen LogP contribution in [0.2, 0.25) is 0 Å². The van der Waals surface area contributed by atoms with Gasteiger partial charge in [0, 0.05) is 25.2 Å². The molecule has 0 unspecified atom stereocenters. The van der Waals surface area contributed by atoms with E-state index in [1.165, 1.54) is 5.56 Å². The Morgan fingerprint density at radius 1 is 1.00 bits per heavy atom. The number of nitrogens with one attached hydrogen (secondary N) is 1. The van der Waals surface area contributed by atoms with E-state index in [9.17, 15) is 9.59 Å². The normalized spacial score (nSPS) is 16.9. The van der Waals surface area contributed by atoms with Gasteiger partial charge < -0.3 is 10.2 Å². The average Bonchev–Trinajstić information content (AvgIpc) is 2.66. The molecule has 1 fully saturated rings. The minimum Gasteiger partial charge on any atom is -0.352 e. The summed E-state index contributed by atoms with van der Waals surface area (Å²) in [5.41, 5.74) is 5.18. The molecule has 4 heteroatoms. The molecule has 1 aliphatic rings. The highest BCUT2D eigenvalue weighted by molar-refractivity contribution is 5.95. The van der Waals surface area contributed by atoms with Crippen molar-refractivity contribution >= 4 is 11.8 Å². The van der Waals surface area contributed by atoms with Crippen LogP contribution in [0.25, 0.3) is 0 Å². The number of carbonyl (C=O) groups is 2. The van der Waals surface area contributed by atoms with Crippen molar-refractivity contribution in [2.75, 3.05) is 13.1 Å². The zero-order valence-corrected chi connectivity index (χ0v) is 16.4. The molecule has 0 aromatic heterocycles. The van der Waals surface area contributed by atoms with Gasteiger partial charge in [-0.2, -0.15) is 0 Å². The Morgan fingerprint density at radius 2 is 1.67 bits per heavy atom. The van der Waals surface area contributed by atoms with Gasteiger partial charge in [-0.05, 0) is 51.3 Å². The van der Waals surface area contributed by atoms with Crippen molar-refractivity contribution < 1.29 is 9.59 Å². The third kappa shape index (κ3) is 4.97. The molecule has 2 amide bonds. The summed E-state index contributed by atoms with van der Waals surface area (Å²) in [6.07, 6.45) is 1.69. The Labute approximate surface area is 161 Å². The number of aryl methyl sites for hydroxylation is 3. The monoisotopic (exact) mass is 364 g/mol. The summed E-state index contributed by atoms with van der Waals surface area (Å²) < 4.78 is 0. The van der Waals surface area contributed by atoms with Crippen molar-refractivity contribution in [1.82, 2.24) is 10.2 Å². The van der Waals surface area contributed by atoms with Crippen molar-refractivity contribution in [3.05, 3.63) is 70.3 Å². The van der Waals surface area contributed by atoms with Crippen LogP contribution in [0, 0.1) is 26.7 Å². The van der Waals surface area contributed by atoms with Crippen LogP contribution < -0.4 is 5.32 Å². The topological polar surface area (TPSA) is 49.4 Å². The molecule has 1 saturated heterocycles. The summed E-state index contributed by atoms with van der Waals surface area (Å²) in [6, 6.07) is 14.1. The van der Waals surface area contributed by atoms with E-state index in [0.717, 1.165) is 29.5 Å². The van der Waals surface area contributed by atoms with Crippen LogP contribution in [-0.4, -0.2) is 29.8 Å². The highest BCUT2D eigenvalue weighted by Gasteiger charge is 2.28. The molecule has 0 spiro atoms. The molecule has 142 valence electrons. The first-order valence-electron chi connectivity index (χ1n) is 9.63. The predicted molar refractivity (Wildman–Crippen MR) is 108 cm³/mol. The zero-order valence-electron chi connectivity index (χ0n) is 16.4. The quantitative estimate of drug-likeness (QED) is 0.897. The lowest BCUT2D eigenvalue weighted by molar-refractivity contribution is -0.126. The second-order valence-corrected chi connectivity index (χ2v) is 7.67. The van der Waals surface area contributed by atoms with Gasteiger partial charge >= 0.3 is 0 Å². The van der Waals surface area contributed by atoms with Gasteiger partial charge in [0.2, 0.25) is 5.91 Å². The SMILES string of the molecule is Cc1ccc(CNC(=O)[C@H]2CCCN(C(=O)c3cc(C)cc(C)c3)C2)cc1. The lowest BCUT2D eigenvalue weighted by Gasteiger charge is -2.32. The zero-order chi connectivity index (χ0) is 19.4. The molecule has 1 atom stereocenters. The lowest BCUT2D eigenvalue weighted by atomic mass is 9.96. The van der Waals surface area contributed by atoms with Crippen molar-refractivity contribution in [2.45, 2.75) is 40.2 Å². The maximum atomic E-state index is 12.9. The molecule has 27 heavy (non-hydrogen) atoms. The lowest BCUT2D eigenvalue weighted by Crippen LogP contribution is -2.45. The minimum absolute atomic E-state index is 0.0258. The fourth-order valence-corrected chi connectivity index (χ4v) is 3.70. The summed E-state index contributed by atoms with van der Waals surface area (Å²) in [7, 11) is 0. The third-order valence-electron chi connectivity index (χ3n) is 5.14. The van der Waals surface area contributed by atoms with Crippen molar-refractivity contribution in [3.8, 4) is 0 Å². The highest BCUT2D eigenvalue weighted by Crippen LogP contribution is 2.20. The van der Waals surface area contributed by atoms with E-state index in [1.54, 1.807) is 0 Å². The molecule has 1 heterocycles. The fourth-order valence-electron chi connectivity index (χ4n) is 3.70. The molecular formula is C23H28N2O2. The minimum atomic E-state index is -0.140. The molecule has 1 N–H and O–H groups in total. The van der Waals surface area contributed by atoms with Crippen LogP contribution >= 0.6 is 0 Å². The predicted octanol–water partition coefficient (Wildman–Crippen LogP) is 3.78. The Hall–Kier alpha value is -2.62. The number of rotatable bonds is 4. The average molecular weight is 364 g/mol. The maximum Gasteiger partial charge on any atom is 0.253 e. The largest absolute Gasteiger partial charge is 0.352 e. The first-order valence-corrected chi connectivity index (χ1v) is 9.63. The number of hydrogen-bond donors (Lipinski definition) is 1. The van der Waals surface area contributed by atoms with E-state index < -0.39 is 0 Å². The summed E-state index contributed by atoms with van der Waals surface area (Å²) in [4.78, 5) is 27.3. The van der Waals surface area contributed by atoms with Gasteiger partial charge in [0.05, 0.1) is 5.92 Å². The molecule has 0 radical (unpaired) electrons. The number of piperidine rings is 1. The smallest absolute Gasteiger partial charge is 0.253 e. The number of nitrogens with zero attached hydrogens (tertiary/aromatic N) is 1. The van der Waals surface area contributed by atoms with Gasteiger partial charge in [-0.15, -0.1) is 0 Å². The Bertz CT molecular complexity index is 807. The van der Waals surface area contributed by atoms with Crippen LogP contribution in [0.5, 0.6) is 0 Å². The standard InChI is InChI=1S/C23H28N2O2/c1-16-6-8-19(9-7-16)14-24-22(26)20-5-4-10-25(15-20)23(27)21-12-17(2)11-18(3)13-21/h6-9,11-13,20H,4-5,10,14-15H2,1-3H3,(H,24,26)/t20-/m0/s1. The van der Waals surface area contributed by atoms with Gasteiger partial charge in [0.15, 0.2) is 0 Å². The van der Waals surface area contributed by atoms with Crippen molar-refractivity contribution in [1.29, 1.82) is 0 Å². The molecule has 3 rings (SSSR count). The van der Waals surface area contributed by atoms with E-state index in [1.807, 2.05) is 62.1 Å².